The molecule has 2 aliphatic rings. The summed E-state index contributed by atoms with van der Waals surface area (Å²) in [6.07, 6.45) is 5.48. The van der Waals surface area contributed by atoms with Crippen LogP contribution in [0, 0.1) is 0 Å². The summed E-state index contributed by atoms with van der Waals surface area (Å²) in [5.74, 6) is 0. The van der Waals surface area contributed by atoms with E-state index in [0.29, 0.717) is 5.54 Å². The van der Waals surface area contributed by atoms with E-state index in [1.165, 1.54) is 32.2 Å². The lowest BCUT2D eigenvalue weighted by molar-refractivity contribution is -0.00688. The molecule has 3 heteroatoms. The van der Waals surface area contributed by atoms with Crippen molar-refractivity contribution in [1.29, 1.82) is 0 Å². The normalized spacial score (nSPS) is 30.8. The highest BCUT2D eigenvalue weighted by molar-refractivity contribution is 4.89. The molecule has 0 spiro atoms. The summed E-state index contributed by atoms with van der Waals surface area (Å²) in [5.41, 5.74) is 0.311. The lowest BCUT2D eigenvalue weighted by Gasteiger charge is -2.46. The van der Waals surface area contributed by atoms with Crippen molar-refractivity contribution in [2.45, 2.75) is 71.0 Å². The van der Waals surface area contributed by atoms with Gasteiger partial charge >= 0.3 is 0 Å². The second-order valence-electron chi connectivity index (χ2n) is 7.07. The van der Waals surface area contributed by atoms with E-state index in [0.717, 1.165) is 38.4 Å². The molecule has 19 heavy (non-hydrogen) atoms. The van der Waals surface area contributed by atoms with Crippen LogP contribution in [0.3, 0.4) is 0 Å². The molecule has 0 aromatic carbocycles. The Labute approximate surface area is 119 Å². The van der Waals surface area contributed by atoms with Gasteiger partial charge in [-0.1, -0.05) is 6.92 Å². The fourth-order valence-corrected chi connectivity index (χ4v) is 3.96. The molecule has 0 atom stereocenters. The molecular formula is C16H32N2O. The third kappa shape index (κ3) is 3.93. The summed E-state index contributed by atoms with van der Waals surface area (Å²) in [4.78, 5) is 5.36. The largest absolute Gasteiger partial charge is 0.379 e. The SMILES string of the molecule is CCN(C1CCC(N2CCOCC2)CC1)C(C)(C)C. The quantitative estimate of drug-likeness (QED) is 0.783. The molecule has 0 radical (unpaired) electrons. The maximum absolute atomic E-state index is 5.46. The zero-order valence-corrected chi connectivity index (χ0v) is 13.3. The van der Waals surface area contributed by atoms with E-state index in [1.807, 2.05) is 0 Å². The molecule has 1 aliphatic carbocycles. The van der Waals surface area contributed by atoms with Crippen LogP contribution in [-0.4, -0.2) is 60.3 Å². The van der Waals surface area contributed by atoms with Crippen LogP contribution >= 0.6 is 0 Å². The highest BCUT2D eigenvalue weighted by atomic mass is 16.5. The third-order valence-corrected chi connectivity index (χ3v) is 4.87. The molecule has 0 aromatic rings. The summed E-state index contributed by atoms with van der Waals surface area (Å²) < 4.78 is 5.46. The molecule has 1 saturated carbocycles. The molecule has 0 unspecified atom stereocenters. The summed E-state index contributed by atoms with van der Waals surface area (Å²) in [5, 5.41) is 0. The van der Waals surface area contributed by atoms with Crippen LogP contribution in [0.4, 0.5) is 0 Å². The average Bonchev–Trinajstić information content (AvgIpc) is 2.40. The van der Waals surface area contributed by atoms with E-state index in [9.17, 15) is 0 Å². The number of morpholine rings is 1. The Hall–Kier alpha value is -0.120. The van der Waals surface area contributed by atoms with E-state index in [2.05, 4.69) is 37.5 Å². The highest BCUT2D eigenvalue weighted by Crippen LogP contribution is 2.30. The minimum absolute atomic E-state index is 0.311. The van der Waals surface area contributed by atoms with Gasteiger partial charge in [-0.2, -0.15) is 0 Å². The smallest absolute Gasteiger partial charge is 0.0594 e. The minimum atomic E-state index is 0.311. The molecule has 2 fully saturated rings. The predicted octanol–water partition coefficient (Wildman–Crippen LogP) is 2.75. The first-order valence-electron chi connectivity index (χ1n) is 8.11. The summed E-state index contributed by atoms with van der Waals surface area (Å²) in [6.45, 7) is 14.7. The van der Waals surface area contributed by atoms with E-state index in [1.54, 1.807) is 0 Å². The van der Waals surface area contributed by atoms with Crippen molar-refractivity contribution in [2.24, 2.45) is 0 Å². The van der Waals surface area contributed by atoms with Gasteiger partial charge in [0.25, 0.3) is 0 Å². The van der Waals surface area contributed by atoms with E-state index < -0.39 is 0 Å². The predicted molar refractivity (Wildman–Crippen MR) is 80.6 cm³/mol. The van der Waals surface area contributed by atoms with Crippen LogP contribution in [0.1, 0.15) is 53.4 Å². The van der Waals surface area contributed by atoms with Gasteiger partial charge in [-0.15, -0.1) is 0 Å². The van der Waals surface area contributed by atoms with Crippen LogP contribution in [0.25, 0.3) is 0 Å². The second kappa shape index (κ2) is 6.55. The zero-order valence-electron chi connectivity index (χ0n) is 13.3. The number of rotatable bonds is 3. The second-order valence-corrected chi connectivity index (χ2v) is 7.07. The first-order chi connectivity index (χ1) is 9.02. The fourth-order valence-electron chi connectivity index (χ4n) is 3.96. The van der Waals surface area contributed by atoms with Gasteiger partial charge in [0.05, 0.1) is 13.2 Å². The van der Waals surface area contributed by atoms with Gasteiger partial charge in [0.1, 0.15) is 0 Å². The van der Waals surface area contributed by atoms with Gasteiger partial charge in [0.15, 0.2) is 0 Å². The summed E-state index contributed by atoms with van der Waals surface area (Å²) in [7, 11) is 0. The van der Waals surface area contributed by atoms with Crippen molar-refractivity contribution in [2.75, 3.05) is 32.8 Å². The van der Waals surface area contributed by atoms with Gasteiger partial charge < -0.3 is 4.74 Å². The monoisotopic (exact) mass is 268 g/mol. The first-order valence-corrected chi connectivity index (χ1v) is 8.11. The molecule has 2 rings (SSSR count). The maximum atomic E-state index is 5.46. The van der Waals surface area contributed by atoms with Crippen molar-refractivity contribution >= 4 is 0 Å². The van der Waals surface area contributed by atoms with Gasteiger partial charge in [0, 0.05) is 30.7 Å². The van der Waals surface area contributed by atoms with Crippen molar-refractivity contribution in [3.63, 3.8) is 0 Å². The van der Waals surface area contributed by atoms with Crippen molar-refractivity contribution in [3.8, 4) is 0 Å². The molecule has 0 amide bonds. The Bertz CT molecular complexity index is 260. The van der Waals surface area contributed by atoms with E-state index in [4.69, 9.17) is 4.74 Å². The number of hydrogen-bond acceptors (Lipinski definition) is 3. The molecule has 1 aliphatic heterocycles. The first kappa shape index (κ1) is 15.3. The number of hydrogen-bond donors (Lipinski definition) is 0. The van der Waals surface area contributed by atoms with Gasteiger partial charge in [0.2, 0.25) is 0 Å². The standard InChI is InChI=1S/C16H32N2O/c1-5-18(16(2,3)4)15-8-6-14(7-9-15)17-10-12-19-13-11-17/h14-15H,5-13H2,1-4H3. The fraction of sp³-hybridized carbons (Fsp3) is 1.00. The van der Waals surface area contributed by atoms with Gasteiger partial charge in [-0.05, 0) is 53.0 Å². The molecule has 0 bridgehead atoms. The Morgan fingerprint density at radius 3 is 2.11 bits per heavy atom. The van der Waals surface area contributed by atoms with Crippen LogP contribution in [0.15, 0.2) is 0 Å². The Kier molecular flexibility index (Phi) is 5.27. The molecular weight excluding hydrogens is 236 g/mol. The lowest BCUT2D eigenvalue weighted by Crippen LogP contribution is -2.52. The molecule has 0 aromatic heterocycles. The highest BCUT2D eigenvalue weighted by Gasteiger charge is 2.33. The third-order valence-electron chi connectivity index (χ3n) is 4.87. The van der Waals surface area contributed by atoms with E-state index in [-0.39, 0.29) is 0 Å². The Balaban J connectivity index is 1.84. The number of ether oxygens (including phenoxy) is 1. The Morgan fingerprint density at radius 2 is 1.63 bits per heavy atom. The molecule has 1 heterocycles. The number of nitrogens with zero attached hydrogens (tertiary/aromatic N) is 2. The van der Waals surface area contributed by atoms with Crippen LogP contribution in [0.5, 0.6) is 0 Å². The van der Waals surface area contributed by atoms with E-state index >= 15 is 0 Å². The molecule has 112 valence electrons. The Morgan fingerprint density at radius 1 is 1.05 bits per heavy atom. The van der Waals surface area contributed by atoms with Crippen molar-refractivity contribution in [1.82, 2.24) is 9.80 Å². The molecule has 0 N–H and O–H groups in total. The summed E-state index contributed by atoms with van der Waals surface area (Å²) in [6, 6.07) is 1.61. The van der Waals surface area contributed by atoms with Crippen molar-refractivity contribution < 1.29 is 4.74 Å². The van der Waals surface area contributed by atoms with Gasteiger partial charge in [-0.25, -0.2) is 0 Å². The van der Waals surface area contributed by atoms with Gasteiger partial charge in [-0.3, -0.25) is 9.80 Å². The lowest BCUT2D eigenvalue weighted by atomic mass is 9.87. The van der Waals surface area contributed by atoms with Crippen LogP contribution in [-0.2, 0) is 4.74 Å². The maximum Gasteiger partial charge on any atom is 0.0594 e. The molecule has 1 saturated heterocycles. The molecule has 3 nitrogen and oxygen atoms in total. The van der Waals surface area contributed by atoms with Crippen LogP contribution in [0.2, 0.25) is 0 Å². The van der Waals surface area contributed by atoms with Crippen molar-refractivity contribution in [3.05, 3.63) is 0 Å². The topological polar surface area (TPSA) is 15.7 Å². The average molecular weight is 268 g/mol. The zero-order chi connectivity index (χ0) is 13.9. The minimum Gasteiger partial charge on any atom is -0.379 e. The van der Waals surface area contributed by atoms with Crippen LogP contribution < -0.4 is 0 Å². The summed E-state index contributed by atoms with van der Waals surface area (Å²) >= 11 is 0.